The molecule has 108 valence electrons. The van der Waals surface area contributed by atoms with E-state index < -0.39 is 0 Å². The van der Waals surface area contributed by atoms with Crippen molar-refractivity contribution in [3.05, 3.63) is 23.0 Å². The fraction of sp³-hybridized carbons (Fsp3) is 0.750. The Morgan fingerprint density at radius 3 is 2.68 bits per heavy atom. The molecule has 0 bridgehead atoms. The maximum Gasteiger partial charge on any atom is 0.0812 e. The lowest BCUT2D eigenvalue weighted by atomic mass is 9.75. The number of aliphatic hydroxyl groups excluding tert-OH is 1. The lowest BCUT2D eigenvalue weighted by Gasteiger charge is -2.37. The molecule has 1 heterocycles. The van der Waals surface area contributed by atoms with Gasteiger partial charge in [-0.2, -0.15) is 0 Å². The third kappa shape index (κ3) is 2.59. The number of aliphatic hydroxyl groups is 1. The van der Waals surface area contributed by atoms with Gasteiger partial charge in [0.25, 0.3) is 0 Å². The van der Waals surface area contributed by atoms with Crippen LogP contribution in [0.4, 0.5) is 0 Å². The van der Waals surface area contributed by atoms with Gasteiger partial charge in [-0.3, -0.25) is 0 Å². The van der Waals surface area contributed by atoms with E-state index >= 15 is 0 Å². The Hall–Kier alpha value is -0.800. The molecule has 3 nitrogen and oxygen atoms in total. The van der Waals surface area contributed by atoms with Crippen LogP contribution in [0, 0.1) is 12.3 Å². The highest BCUT2D eigenvalue weighted by atomic mass is 16.5. The minimum absolute atomic E-state index is 0.0838. The summed E-state index contributed by atoms with van der Waals surface area (Å²) >= 11 is 0. The molecule has 0 fully saturated rings. The van der Waals surface area contributed by atoms with Crippen molar-refractivity contribution < 1.29 is 9.84 Å². The molecule has 0 radical (unpaired) electrons. The molecule has 1 atom stereocenters. The van der Waals surface area contributed by atoms with Crippen LogP contribution < -0.4 is 0 Å². The molecule has 1 aliphatic rings. The fourth-order valence-electron chi connectivity index (χ4n) is 3.60. The number of rotatable bonds is 3. The number of ether oxygens (including phenoxy) is 1. The molecule has 19 heavy (non-hydrogen) atoms. The number of aryl methyl sites for hydroxylation is 1. The van der Waals surface area contributed by atoms with Gasteiger partial charge in [0, 0.05) is 24.1 Å². The number of fused-ring (bicyclic) bond motifs is 1. The molecule has 0 spiro atoms. The molecule has 2 rings (SSSR count). The molecule has 1 aliphatic carbocycles. The Morgan fingerprint density at radius 2 is 2.11 bits per heavy atom. The monoisotopic (exact) mass is 265 g/mol. The number of methoxy groups -OCH3 is 1. The van der Waals surface area contributed by atoms with Crippen LogP contribution in [0.5, 0.6) is 0 Å². The summed E-state index contributed by atoms with van der Waals surface area (Å²) in [6, 6.07) is 2.15. The van der Waals surface area contributed by atoms with Gasteiger partial charge in [0.15, 0.2) is 0 Å². The first kappa shape index (κ1) is 14.6. The largest absolute Gasteiger partial charge is 0.388 e. The van der Waals surface area contributed by atoms with Crippen LogP contribution in [0.2, 0.25) is 0 Å². The van der Waals surface area contributed by atoms with Gasteiger partial charge < -0.3 is 14.4 Å². The van der Waals surface area contributed by atoms with Crippen LogP contribution in [-0.4, -0.2) is 23.4 Å². The van der Waals surface area contributed by atoms with Gasteiger partial charge in [-0.05, 0) is 45.1 Å². The van der Waals surface area contributed by atoms with Crippen LogP contribution in [0.15, 0.2) is 6.07 Å². The number of nitrogens with zero attached hydrogens (tertiary/aromatic N) is 1. The van der Waals surface area contributed by atoms with E-state index in [1.807, 2.05) is 0 Å². The minimum Gasteiger partial charge on any atom is -0.388 e. The Morgan fingerprint density at radius 1 is 1.47 bits per heavy atom. The molecule has 0 aromatic carbocycles. The lowest BCUT2D eigenvalue weighted by Crippen LogP contribution is -2.36. The fourth-order valence-corrected chi connectivity index (χ4v) is 3.60. The summed E-state index contributed by atoms with van der Waals surface area (Å²) in [6.07, 6.45) is 1.52. The Kier molecular flexibility index (Phi) is 3.56. The van der Waals surface area contributed by atoms with E-state index in [0.29, 0.717) is 6.61 Å². The molecular formula is C16H27NO2. The van der Waals surface area contributed by atoms with Crippen molar-refractivity contribution in [1.29, 1.82) is 0 Å². The van der Waals surface area contributed by atoms with Crippen molar-refractivity contribution in [2.24, 2.45) is 5.41 Å². The van der Waals surface area contributed by atoms with E-state index in [4.69, 9.17) is 4.74 Å². The standard InChI is InChI=1S/C16H27NO2/c1-11-7-12-13(8-15(2,3)9-14(12)18)17(11)16(4,5)10-19-6/h7,14,18H,8-10H2,1-6H3. The van der Waals surface area contributed by atoms with Crippen LogP contribution in [-0.2, 0) is 16.7 Å². The molecule has 1 N–H and O–H groups in total. The number of aromatic nitrogens is 1. The van der Waals surface area contributed by atoms with Gasteiger partial charge in [-0.1, -0.05) is 13.8 Å². The van der Waals surface area contributed by atoms with Crippen LogP contribution in [0.3, 0.4) is 0 Å². The molecule has 1 aromatic heterocycles. The van der Waals surface area contributed by atoms with Crippen LogP contribution in [0.1, 0.15) is 57.2 Å². The van der Waals surface area contributed by atoms with E-state index in [2.05, 4.69) is 45.3 Å². The van der Waals surface area contributed by atoms with Gasteiger partial charge in [-0.15, -0.1) is 0 Å². The summed E-state index contributed by atoms with van der Waals surface area (Å²) in [5, 5.41) is 10.4. The van der Waals surface area contributed by atoms with Gasteiger partial charge in [-0.25, -0.2) is 0 Å². The van der Waals surface area contributed by atoms with E-state index in [1.54, 1.807) is 7.11 Å². The number of hydrogen-bond acceptors (Lipinski definition) is 2. The van der Waals surface area contributed by atoms with Gasteiger partial charge in [0.1, 0.15) is 0 Å². The zero-order valence-corrected chi connectivity index (χ0v) is 13.1. The van der Waals surface area contributed by atoms with Crippen LogP contribution in [0.25, 0.3) is 0 Å². The summed E-state index contributed by atoms with van der Waals surface area (Å²) in [5.41, 5.74) is 3.67. The van der Waals surface area contributed by atoms with E-state index in [9.17, 15) is 5.11 Å². The zero-order chi connectivity index (χ0) is 14.4. The normalized spacial score (nSPS) is 22.4. The highest BCUT2D eigenvalue weighted by Crippen LogP contribution is 2.43. The molecular weight excluding hydrogens is 238 g/mol. The van der Waals surface area contributed by atoms with Crippen molar-refractivity contribution in [3.63, 3.8) is 0 Å². The second kappa shape index (κ2) is 4.64. The first-order chi connectivity index (χ1) is 8.68. The zero-order valence-electron chi connectivity index (χ0n) is 13.1. The Bertz CT molecular complexity index is 471. The molecule has 0 saturated heterocycles. The Balaban J connectivity index is 2.53. The topological polar surface area (TPSA) is 34.4 Å². The SMILES string of the molecule is COCC(C)(C)n1c(C)cc2c1CC(C)(C)CC2O. The predicted molar refractivity (Wildman–Crippen MR) is 77.4 cm³/mol. The van der Waals surface area contributed by atoms with Gasteiger partial charge >= 0.3 is 0 Å². The highest BCUT2D eigenvalue weighted by molar-refractivity contribution is 5.34. The summed E-state index contributed by atoms with van der Waals surface area (Å²) in [7, 11) is 1.74. The molecule has 0 aliphatic heterocycles. The second-order valence-electron chi connectivity index (χ2n) is 7.33. The summed E-state index contributed by atoms with van der Waals surface area (Å²) in [4.78, 5) is 0. The predicted octanol–water partition coefficient (Wildman–Crippen LogP) is 3.18. The maximum atomic E-state index is 10.4. The molecule has 0 amide bonds. The number of hydrogen-bond donors (Lipinski definition) is 1. The van der Waals surface area contributed by atoms with E-state index in [1.165, 1.54) is 11.4 Å². The first-order valence-corrected chi connectivity index (χ1v) is 7.06. The van der Waals surface area contributed by atoms with Crippen LogP contribution >= 0.6 is 0 Å². The average molecular weight is 265 g/mol. The highest BCUT2D eigenvalue weighted by Gasteiger charge is 2.37. The molecule has 3 heteroatoms. The minimum atomic E-state index is -0.336. The van der Waals surface area contributed by atoms with E-state index in [-0.39, 0.29) is 17.1 Å². The summed E-state index contributed by atoms with van der Waals surface area (Å²) in [6.45, 7) is 11.6. The van der Waals surface area contributed by atoms with Crippen molar-refractivity contribution >= 4 is 0 Å². The quantitative estimate of drug-likeness (QED) is 0.911. The second-order valence-corrected chi connectivity index (χ2v) is 7.33. The summed E-state index contributed by atoms with van der Waals surface area (Å²) in [5.74, 6) is 0. The maximum absolute atomic E-state index is 10.4. The summed E-state index contributed by atoms with van der Waals surface area (Å²) < 4.78 is 7.73. The average Bonchev–Trinajstić information content (AvgIpc) is 2.53. The Labute approximate surface area is 116 Å². The van der Waals surface area contributed by atoms with Crippen molar-refractivity contribution in [1.82, 2.24) is 4.57 Å². The van der Waals surface area contributed by atoms with Crippen molar-refractivity contribution in [2.75, 3.05) is 13.7 Å². The van der Waals surface area contributed by atoms with Gasteiger partial charge in [0.05, 0.1) is 18.2 Å². The molecule has 0 saturated carbocycles. The third-order valence-electron chi connectivity index (χ3n) is 4.17. The van der Waals surface area contributed by atoms with Gasteiger partial charge in [0.2, 0.25) is 0 Å². The lowest BCUT2D eigenvalue weighted by molar-refractivity contribution is 0.0854. The van der Waals surface area contributed by atoms with Crippen molar-refractivity contribution in [3.8, 4) is 0 Å². The third-order valence-corrected chi connectivity index (χ3v) is 4.17. The molecule has 1 unspecified atom stereocenters. The smallest absolute Gasteiger partial charge is 0.0812 e. The van der Waals surface area contributed by atoms with Crippen molar-refractivity contribution in [2.45, 2.75) is 59.1 Å². The molecule has 1 aromatic rings. The van der Waals surface area contributed by atoms with E-state index in [0.717, 1.165) is 18.4 Å². The first-order valence-electron chi connectivity index (χ1n) is 7.06.